The molecule has 0 saturated heterocycles. The Labute approximate surface area is 63.8 Å². The number of rotatable bonds is 3. The van der Waals surface area contributed by atoms with Crippen LogP contribution in [0.4, 0.5) is 0 Å². The molecule has 1 aliphatic carbocycles. The SMILES string of the molecule is O=C(O)C[C@H]1CC[C@H]1C(=O)O. The van der Waals surface area contributed by atoms with Crippen LogP contribution in [0, 0.1) is 11.8 Å². The summed E-state index contributed by atoms with van der Waals surface area (Å²) in [4.78, 5) is 20.6. The van der Waals surface area contributed by atoms with Gasteiger partial charge in [-0.3, -0.25) is 9.59 Å². The Morgan fingerprint density at radius 3 is 2.18 bits per heavy atom. The first-order chi connectivity index (χ1) is 5.11. The second-order valence-electron chi connectivity index (χ2n) is 2.88. The van der Waals surface area contributed by atoms with Crippen molar-refractivity contribution in [3.63, 3.8) is 0 Å². The van der Waals surface area contributed by atoms with E-state index in [2.05, 4.69) is 0 Å². The van der Waals surface area contributed by atoms with Crippen LogP contribution in [0.3, 0.4) is 0 Å². The first kappa shape index (κ1) is 8.04. The molecule has 0 spiro atoms. The van der Waals surface area contributed by atoms with Crippen LogP contribution in [0.25, 0.3) is 0 Å². The van der Waals surface area contributed by atoms with Crippen LogP contribution in [-0.2, 0) is 9.59 Å². The maximum absolute atomic E-state index is 10.4. The molecule has 4 heteroatoms. The van der Waals surface area contributed by atoms with Crippen molar-refractivity contribution >= 4 is 11.9 Å². The zero-order chi connectivity index (χ0) is 8.43. The van der Waals surface area contributed by atoms with Gasteiger partial charge >= 0.3 is 11.9 Å². The molecule has 1 saturated carbocycles. The van der Waals surface area contributed by atoms with Crippen LogP contribution in [0.2, 0.25) is 0 Å². The van der Waals surface area contributed by atoms with Crippen molar-refractivity contribution in [1.82, 2.24) is 0 Å². The molecule has 2 N–H and O–H groups in total. The monoisotopic (exact) mass is 158 g/mol. The van der Waals surface area contributed by atoms with Gasteiger partial charge in [-0.1, -0.05) is 0 Å². The highest BCUT2D eigenvalue weighted by molar-refractivity contribution is 5.74. The summed E-state index contributed by atoms with van der Waals surface area (Å²) in [6, 6.07) is 0. The molecule has 11 heavy (non-hydrogen) atoms. The highest BCUT2D eigenvalue weighted by atomic mass is 16.4. The zero-order valence-electron chi connectivity index (χ0n) is 5.99. The molecule has 0 aromatic heterocycles. The molecule has 0 unspecified atom stereocenters. The number of aliphatic carboxylic acids is 2. The van der Waals surface area contributed by atoms with Gasteiger partial charge in [-0.05, 0) is 18.8 Å². The largest absolute Gasteiger partial charge is 0.481 e. The number of carboxylic acids is 2. The summed E-state index contributed by atoms with van der Waals surface area (Å²) in [5.41, 5.74) is 0. The lowest BCUT2D eigenvalue weighted by molar-refractivity contribution is -0.150. The van der Waals surface area contributed by atoms with Crippen LogP contribution >= 0.6 is 0 Å². The lowest BCUT2D eigenvalue weighted by Gasteiger charge is -2.31. The molecule has 1 aliphatic rings. The molecule has 2 atom stereocenters. The lowest BCUT2D eigenvalue weighted by Crippen LogP contribution is -2.34. The third-order valence-corrected chi connectivity index (χ3v) is 2.17. The van der Waals surface area contributed by atoms with E-state index < -0.39 is 17.9 Å². The van der Waals surface area contributed by atoms with Gasteiger partial charge in [0.1, 0.15) is 0 Å². The van der Waals surface area contributed by atoms with Gasteiger partial charge in [0.25, 0.3) is 0 Å². The quantitative estimate of drug-likeness (QED) is 0.629. The molecule has 62 valence electrons. The molecule has 1 fully saturated rings. The van der Waals surface area contributed by atoms with E-state index in [1.54, 1.807) is 0 Å². The van der Waals surface area contributed by atoms with E-state index >= 15 is 0 Å². The first-order valence-electron chi connectivity index (χ1n) is 3.56. The Hall–Kier alpha value is -1.06. The van der Waals surface area contributed by atoms with Crippen LogP contribution in [0.1, 0.15) is 19.3 Å². The molecule has 4 nitrogen and oxygen atoms in total. The van der Waals surface area contributed by atoms with Gasteiger partial charge in [0.2, 0.25) is 0 Å². The van der Waals surface area contributed by atoms with E-state index in [1.165, 1.54) is 0 Å². The predicted molar refractivity (Wildman–Crippen MR) is 36.1 cm³/mol. The average Bonchev–Trinajstić information content (AvgIpc) is 1.78. The summed E-state index contributed by atoms with van der Waals surface area (Å²) in [6.07, 6.45) is 1.37. The number of carbonyl (C=O) groups is 2. The maximum Gasteiger partial charge on any atom is 0.306 e. The smallest absolute Gasteiger partial charge is 0.306 e. The summed E-state index contributed by atoms with van der Waals surface area (Å²) in [6.45, 7) is 0. The van der Waals surface area contributed by atoms with Gasteiger partial charge in [-0.15, -0.1) is 0 Å². The standard InChI is InChI=1S/C7H10O4/c8-6(9)3-4-1-2-5(4)7(10)11/h4-5H,1-3H2,(H,8,9)(H,10,11)/t4-,5-/m1/s1. The van der Waals surface area contributed by atoms with Crippen molar-refractivity contribution in [2.45, 2.75) is 19.3 Å². The second-order valence-corrected chi connectivity index (χ2v) is 2.88. The van der Waals surface area contributed by atoms with Gasteiger partial charge in [-0.2, -0.15) is 0 Å². The van der Waals surface area contributed by atoms with Crippen molar-refractivity contribution in [2.24, 2.45) is 11.8 Å². The number of hydrogen-bond donors (Lipinski definition) is 2. The van der Waals surface area contributed by atoms with Crippen molar-refractivity contribution in [3.05, 3.63) is 0 Å². The van der Waals surface area contributed by atoms with Gasteiger partial charge in [0, 0.05) is 6.42 Å². The summed E-state index contributed by atoms with van der Waals surface area (Å²) in [5.74, 6) is -2.31. The highest BCUT2D eigenvalue weighted by Crippen LogP contribution is 2.36. The summed E-state index contributed by atoms with van der Waals surface area (Å²) >= 11 is 0. The van der Waals surface area contributed by atoms with Crippen molar-refractivity contribution < 1.29 is 19.8 Å². The highest BCUT2D eigenvalue weighted by Gasteiger charge is 2.37. The molecule has 0 amide bonds. The van der Waals surface area contributed by atoms with Gasteiger partial charge in [-0.25, -0.2) is 0 Å². The Kier molecular flexibility index (Phi) is 2.12. The molecule has 0 radical (unpaired) electrons. The van der Waals surface area contributed by atoms with E-state index in [-0.39, 0.29) is 12.3 Å². The molecule has 0 bridgehead atoms. The summed E-state index contributed by atoms with van der Waals surface area (Å²) in [5, 5.41) is 16.9. The lowest BCUT2D eigenvalue weighted by atomic mass is 9.72. The van der Waals surface area contributed by atoms with E-state index in [0.29, 0.717) is 6.42 Å². The molecule has 0 heterocycles. The number of hydrogen-bond acceptors (Lipinski definition) is 2. The average molecular weight is 158 g/mol. The minimum absolute atomic E-state index is 0.00301. The Balaban J connectivity index is 2.37. The normalized spacial score (nSPS) is 29.1. The fourth-order valence-corrected chi connectivity index (χ4v) is 1.36. The minimum Gasteiger partial charge on any atom is -0.481 e. The molecular weight excluding hydrogens is 148 g/mol. The third-order valence-electron chi connectivity index (χ3n) is 2.17. The minimum atomic E-state index is -0.902. The van der Waals surface area contributed by atoms with Gasteiger partial charge in [0.05, 0.1) is 5.92 Å². The van der Waals surface area contributed by atoms with Crippen molar-refractivity contribution in [3.8, 4) is 0 Å². The molecule has 0 aromatic carbocycles. The summed E-state index contributed by atoms with van der Waals surface area (Å²) in [7, 11) is 0. The molecule has 1 rings (SSSR count). The fourth-order valence-electron chi connectivity index (χ4n) is 1.36. The van der Waals surface area contributed by atoms with Crippen molar-refractivity contribution in [2.75, 3.05) is 0 Å². The van der Waals surface area contributed by atoms with Crippen LogP contribution in [0.15, 0.2) is 0 Å². The topological polar surface area (TPSA) is 74.6 Å². The van der Waals surface area contributed by atoms with Crippen LogP contribution in [0.5, 0.6) is 0 Å². The zero-order valence-corrected chi connectivity index (χ0v) is 5.99. The van der Waals surface area contributed by atoms with E-state index in [9.17, 15) is 9.59 Å². The molecule has 0 aromatic rings. The maximum atomic E-state index is 10.4. The van der Waals surface area contributed by atoms with Gasteiger partial charge < -0.3 is 10.2 Å². The summed E-state index contributed by atoms with van der Waals surface area (Å²) < 4.78 is 0. The van der Waals surface area contributed by atoms with Crippen LogP contribution in [-0.4, -0.2) is 22.2 Å². The second kappa shape index (κ2) is 2.90. The Morgan fingerprint density at radius 2 is 1.91 bits per heavy atom. The fraction of sp³-hybridized carbons (Fsp3) is 0.714. The van der Waals surface area contributed by atoms with E-state index in [0.717, 1.165) is 6.42 Å². The Morgan fingerprint density at radius 1 is 1.27 bits per heavy atom. The van der Waals surface area contributed by atoms with Crippen LogP contribution < -0.4 is 0 Å². The third kappa shape index (κ3) is 1.69. The van der Waals surface area contributed by atoms with E-state index in [4.69, 9.17) is 10.2 Å². The molecular formula is C7H10O4. The Bertz CT molecular complexity index is 187. The van der Waals surface area contributed by atoms with Gasteiger partial charge in [0.15, 0.2) is 0 Å². The van der Waals surface area contributed by atoms with E-state index in [1.807, 2.05) is 0 Å². The molecule has 0 aliphatic heterocycles. The van der Waals surface area contributed by atoms with Crippen molar-refractivity contribution in [1.29, 1.82) is 0 Å². The predicted octanol–water partition coefficient (Wildman–Crippen LogP) is 0.572. The number of carboxylic acid groups (broad SMARTS) is 2. The first-order valence-corrected chi connectivity index (χ1v) is 3.56.